The van der Waals surface area contributed by atoms with Gasteiger partial charge in [0.15, 0.2) is 11.6 Å². The molecular weight excluding hydrogens is 371 g/mol. The zero-order valence-corrected chi connectivity index (χ0v) is 14.6. The molecular formula is C19H14F3N5O. The lowest BCUT2D eigenvalue weighted by Crippen LogP contribution is -2.11. The number of aromatic nitrogens is 4. The predicted octanol–water partition coefficient (Wildman–Crippen LogP) is 4.91. The number of H-pyrrole nitrogens is 1. The van der Waals surface area contributed by atoms with Crippen molar-refractivity contribution >= 4 is 11.7 Å². The van der Waals surface area contributed by atoms with Crippen LogP contribution in [0.15, 0.2) is 65.4 Å². The normalized spacial score (nSPS) is 11.6. The van der Waals surface area contributed by atoms with Crippen LogP contribution < -0.4 is 4.90 Å². The summed E-state index contributed by atoms with van der Waals surface area (Å²) in [5.74, 6) is 1.69. The largest absolute Gasteiger partial charge is 0.448 e. The van der Waals surface area contributed by atoms with Gasteiger partial charge in [-0.2, -0.15) is 18.3 Å². The van der Waals surface area contributed by atoms with Gasteiger partial charge in [-0.25, -0.2) is 9.97 Å². The number of rotatable bonds is 4. The summed E-state index contributed by atoms with van der Waals surface area (Å²) in [5, 5.41) is 6.86. The molecule has 0 saturated carbocycles. The second-order valence-electron chi connectivity index (χ2n) is 5.97. The van der Waals surface area contributed by atoms with E-state index in [4.69, 9.17) is 4.42 Å². The molecule has 0 aliphatic heterocycles. The first kappa shape index (κ1) is 17.8. The van der Waals surface area contributed by atoms with Crippen LogP contribution in [0.4, 0.5) is 24.9 Å². The zero-order chi connectivity index (χ0) is 19.7. The molecule has 28 heavy (non-hydrogen) atoms. The topological polar surface area (TPSA) is 70.8 Å². The average Bonchev–Trinajstić information content (AvgIpc) is 3.39. The summed E-state index contributed by atoms with van der Waals surface area (Å²) in [4.78, 5) is 10.5. The third-order valence-electron chi connectivity index (χ3n) is 4.13. The minimum Gasteiger partial charge on any atom is -0.448 e. The van der Waals surface area contributed by atoms with Crippen molar-refractivity contribution < 1.29 is 17.6 Å². The highest BCUT2D eigenvalue weighted by molar-refractivity contribution is 5.75. The van der Waals surface area contributed by atoms with Crippen molar-refractivity contribution in [2.75, 3.05) is 11.9 Å². The molecule has 142 valence electrons. The third-order valence-corrected chi connectivity index (χ3v) is 4.13. The average molecular weight is 385 g/mol. The van der Waals surface area contributed by atoms with Crippen LogP contribution in [-0.2, 0) is 6.18 Å². The Morgan fingerprint density at radius 1 is 1.07 bits per heavy atom. The van der Waals surface area contributed by atoms with E-state index in [0.29, 0.717) is 23.1 Å². The Hall–Kier alpha value is -3.62. The van der Waals surface area contributed by atoms with E-state index in [1.54, 1.807) is 48.7 Å². The lowest BCUT2D eigenvalue weighted by Gasteiger charge is -2.17. The summed E-state index contributed by atoms with van der Waals surface area (Å²) >= 11 is 0. The number of pyridine rings is 1. The Balaban J connectivity index is 1.72. The monoisotopic (exact) mass is 385 g/mol. The number of benzene rings is 1. The number of alkyl halides is 3. The van der Waals surface area contributed by atoms with E-state index in [2.05, 4.69) is 20.2 Å². The molecule has 0 saturated heterocycles. The van der Waals surface area contributed by atoms with Gasteiger partial charge in [0.2, 0.25) is 5.88 Å². The molecule has 0 atom stereocenters. The highest BCUT2D eigenvalue weighted by atomic mass is 19.4. The Morgan fingerprint density at radius 3 is 2.68 bits per heavy atom. The second-order valence-corrected chi connectivity index (χ2v) is 5.97. The van der Waals surface area contributed by atoms with Crippen LogP contribution in [-0.4, -0.2) is 27.2 Å². The molecule has 9 heteroatoms. The van der Waals surface area contributed by atoms with Crippen LogP contribution in [0.5, 0.6) is 0 Å². The standard InChI is InChI=1S/C19H14F3N5O/c1-27(15-8-4-10-28-15)18-14(7-3-9-23-18)17-24-16(25-26-17)12-5-2-6-13(11-12)19(20,21)22/h2-11H,1H3,(H,24,25,26). The lowest BCUT2D eigenvalue weighted by molar-refractivity contribution is -0.137. The summed E-state index contributed by atoms with van der Waals surface area (Å²) < 4.78 is 44.3. The lowest BCUT2D eigenvalue weighted by atomic mass is 10.1. The van der Waals surface area contributed by atoms with Gasteiger partial charge in [-0.1, -0.05) is 12.1 Å². The van der Waals surface area contributed by atoms with Crippen LogP contribution >= 0.6 is 0 Å². The van der Waals surface area contributed by atoms with E-state index in [1.807, 2.05) is 0 Å². The van der Waals surface area contributed by atoms with E-state index in [9.17, 15) is 13.2 Å². The maximum atomic E-state index is 13.0. The number of halogens is 3. The van der Waals surface area contributed by atoms with Gasteiger partial charge in [-0.3, -0.25) is 10.00 Å². The molecule has 0 bridgehead atoms. The summed E-state index contributed by atoms with van der Waals surface area (Å²) in [6.45, 7) is 0. The van der Waals surface area contributed by atoms with Crippen LogP contribution in [0.1, 0.15) is 5.56 Å². The molecule has 0 radical (unpaired) electrons. The SMILES string of the molecule is CN(c1ccco1)c1ncccc1-c1nc(-c2cccc(C(F)(F)F)c2)n[nH]1. The number of nitrogens with one attached hydrogen (secondary N) is 1. The summed E-state index contributed by atoms with van der Waals surface area (Å²) in [7, 11) is 1.79. The zero-order valence-electron chi connectivity index (χ0n) is 14.6. The Kier molecular flexibility index (Phi) is 4.34. The maximum absolute atomic E-state index is 13.0. The van der Waals surface area contributed by atoms with E-state index in [1.165, 1.54) is 12.1 Å². The molecule has 0 amide bonds. The van der Waals surface area contributed by atoms with Crippen molar-refractivity contribution in [2.24, 2.45) is 0 Å². The summed E-state index contributed by atoms with van der Waals surface area (Å²) in [6, 6.07) is 12.0. The molecule has 0 aliphatic rings. The summed E-state index contributed by atoms with van der Waals surface area (Å²) in [5.41, 5.74) is 0.144. The fourth-order valence-electron chi connectivity index (χ4n) is 2.76. The maximum Gasteiger partial charge on any atom is 0.416 e. The molecule has 1 aromatic carbocycles. The fraction of sp³-hybridized carbons (Fsp3) is 0.105. The van der Waals surface area contributed by atoms with Crippen LogP contribution in [0.2, 0.25) is 0 Å². The molecule has 0 fully saturated rings. The molecule has 4 aromatic rings. The van der Waals surface area contributed by atoms with E-state index >= 15 is 0 Å². The van der Waals surface area contributed by atoms with Gasteiger partial charge in [0.1, 0.15) is 5.82 Å². The quantitative estimate of drug-likeness (QED) is 0.540. The van der Waals surface area contributed by atoms with Crippen LogP contribution in [0, 0.1) is 0 Å². The minimum atomic E-state index is -4.43. The van der Waals surface area contributed by atoms with Gasteiger partial charge in [0.25, 0.3) is 0 Å². The molecule has 0 spiro atoms. The number of aromatic amines is 1. The van der Waals surface area contributed by atoms with Gasteiger partial charge < -0.3 is 4.42 Å². The van der Waals surface area contributed by atoms with E-state index in [0.717, 1.165) is 12.1 Å². The number of anilines is 2. The first-order valence-corrected chi connectivity index (χ1v) is 8.26. The molecule has 0 aliphatic carbocycles. The first-order chi connectivity index (χ1) is 13.4. The van der Waals surface area contributed by atoms with E-state index in [-0.39, 0.29) is 11.4 Å². The highest BCUT2D eigenvalue weighted by Gasteiger charge is 2.30. The van der Waals surface area contributed by atoms with Crippen LogP contribution in [0.25, 0.3) is 22.8 Å². The fourth-order valence-corrected chi connectivity index (χ4v) is 2.76. The third kappa shape index (κ3) is 3.34. The molecule has 1 N–H and O–H groups in total. The van der Waals surface area contributed by atoms with Crippen LogP contribution in [0.3, 0.4) is 0 Å². The van der Waals surface area contributed by atoms with Crippen molar-refractivity contribution in [1.29, 1.82) is 0 Å². The van der Waals surface area contributed by atoms with Gasteiger partial charge >= 0.3 is 6.18 Å². The van der Waals surface area contributed by atoms with Gasteiger partial charge in [-0.15, -0.1) is 0 Å². The van der Waals surface area contributed by atoms with Crippen molar-refractivity contribution in [1.82, 2.24) is 20.2 Å². The van der Waals surface area contributed by atoms with E-state index < -0.39 is 11.7 Å². The number of furan rings is 1. The molecule has 3 aromatic heterocycles. The number of hydrogen-bond donors (Lipinski definition) is 1. The number of hydrogen-bond acceptors (Lipinski definition) is 5. The Morgan fingerprint density at radius 2 is 1.93 bits per heavy atom. The van der Waals surface area contributed by atoms with Gasteiger partial charge in [0.05, 0.1) is 17.4 Å². The minimum absolute atomic E-state index is 0.163. The van der Waals surface area contributed by atoms with Gasteiger partial charge in [-0.05, 0) is 30.3 Å². The predicted molar refractivity (Wildman–Crippen MR) is 96.8 cm³/mol. The summed E-state index contributed by atoms with van der Waals surface area (Å²) in [6.07, 6.45) is -1.26. The molecule has 4 rings (SSSR count). The Bertz CT molecular complexity index is 1090. The molecule has 6 nitrogen and oxygen atoms in total. The van der Waals surface area contributed by atoms with Crippen molar-refractivity contribution in [3.8, 4) is 22.8 Å². The Labute approximate surface area is 157 Å². The molecule has 3 heterocycles. The van der Waals surface area contributed by atoms with Crippen molar-refractivity contribution in [3.63, 3.8) is 0 Å². The van der Waals surface area contributed by atoms with Crippen molar-refractivity contribution in [2.45, 2.75) is 6.18 Å². The van der Waals surface area contributed by atoms with Crippen molar-refractivity contribution in [3.05, 3.63) is 66.6 Å². The van der Waals surface area contributed by atoms with Gasteiger partial charge in [0, 0.05) is 24.9 Å². The smallest absolute Gasteiger partial charge is 0.416 e. The first-order valence-electron chi connectivity index (χ1n) is 8.26. The second kappa shape index (κ2) is 6.84. The molecule has 0 unspecified atom stereocenters. The highest BCUT2D eigenvalue weighted by Crippen LogP contribution is 2.33. The number of nitrogens with zero attached hydrogens (tertiary/aromatic N) is 4.